The summed E-state index contributed by atoms with van der Waals surface area (Å²) in [6, 6.07) is 2.81. The SMILES string of the molecule is CS(=O)(=O)c1ccc(S(=O)(=O)NC[C@@H]2CCCNC2)cc1F. The minimum atomic E-state index is -3.86. The first-order valence-electron chi connectivity index (χ1n) is 6.90. The Kier molecular flexibility index (Phi) is 5.21. The van der Waals surface area contributed by atoms with Crippen LogP contribution >= 0.6 is 0 Å². The maximum Gasteiger partial charge on any atom is 0.240 e. The highest BCUT2D eigenvalue weighted by molar-refractivity contribution is 7.90. The molecule has 6 nitrogen and oxygen atoms in total. The molecule has 0 aromatic heterocycles. The number of sulfonamides is 1. The number of halogens is 1. The first-order chi connectivity index (χ1) is 10.2. The van der Waals surface area contributed by atoms with Gasteiger partial charge in [-0.15, -0.1) is 0 Å². The van der Waals surface area contributed by atoms with Gasteiger partial charge in [0.2, 0.25) is 10.0 Å². The highest BCUT2D eigenvalue weighted by Gasteiger charge is 2.21. The van der Waals surface area contributed by atoms with Crippen molar-refractivity contribution in [3.8, 4) is 0 Å². The zero-order chi connectivity index (χ0) is 16.4. The van der Waals surface area contributed by atoms with Crippen LogP contribution in [-0.4, -0.2) is 42.7 Å². The van der Waals surface area contributed by atoms with E-state index in [0.717, 1.165) is 50.4 Å². The molecule has 124 valence electrons. The van der Waals surface area contributed by atoms with Gasteiger partial charge in [0.15, 0.2) is 9.84 Å². The summed E-state index contributed by atoms with van der Waals surface area (Å²) in [7, 11) is -7.58. The van der Waals surface area contributed by atoms with E-state index in [0.29, 0.717) is 0 Å². The molecule has 0 spiro atoms. The van der Waals surface area contributed by atoms with Crippen molar-refractivity contribution >= 4 is 19.9 Å². The van der Waals surface area contributed by atoms with Crippen molar-refractivity contribution in [2.24, 2.45) is 5.92 Å². The van der Waals surface area contributed by atoms with E-state index in [1.807, 2.05) is 0 Å². The third-order valence-corrected chi connectivity index (χ3v) is 6.13. The summed E-state index contributed by atoms with van der Waals surface area (Å²) in [5.74, 6) is -0.867. The lowest BCUT2D eigenvalue weighted by Crippen LogP contribution is -2.38. The molecule has 0 bridgehead atoms. The van der Waals surface area contributed by atoms with E-state index in [4.69, 9.17) is 0 Å². The second-order valence-corrected chi connectivity index (χ2v) is 9.18. The molecule has 1 heterocycles. The van der Waals surface area contributed by atoms with Gasteiger partial charge >= 0.3 is 0 Å². The Balaban J connectivity index is 2.14. The van der Waals surface area contributed by atoms with Gasteiger partial charge in [0.1, 0.15) is 10.7 Å². The monoisotopic (exact) mass is 350 g/mol. The van der Waals surface area contributed by atoms with Crippen LogP contribution in [0.1, 0.15) is 12.8 Å². The first kappa shape index (κ1) is 17.3. The number of sulfone groups is 1. The molecule has 2 N–H and O–H groups in total. The number of benzene rings is 1. The van der Waals surface area contributed by atoms with Gasteiger partial charge in [0.05, 0.1) is 4.90 Å². The lowest BCUT2D eigenvalue weighted by molar-refractivity contribution is 0.376. The largest absolute Gasteiger partial charge is 0.316 e. The summed E-state index contributed by atoms with van der Waals surface area (Å²) < 4.78 is 63.2. The quantitative estimate of drug-likeness (QED) is 0.807. The van der Waals surface area contributed by atoms with Crippen molar-refractivity contribution in [3.05, 3.63) is 24.0 Å². The van der Waals surface area contributed by atoms with Crippen molar-refractivity contribution in [1.82, 2.24) is 10.0 Å². The van der Waals surface area contributed by atoms with Crippen LogP contribution in [0.15, 0.2) is 28.0 Å². The molecule has 2 rings (SSSR count). The summed E-state index contributed by atoms with van der Waals surface area (Å²) in [6.45, 7) is 1.94. The van der Waals surface area contributed by atoms with Gasteiger partial charge in [0.25, 0.3) is 0 Å². The number of nitrogens with one attached hydrogen (secondary N) is 2. The molecule has 1 aromatic carbocycles. The number of hydrogen-bond acceptors (Lipinski definition) is 5. The average molecular weight is 350 g/mol. The van der Waals surface area contributed by atoms with Crippen LogP contribution in [0.2, 0.25) is 0 Å². The summed E-state index contributed by atoms with van der Waals surface area (Å²) in [6.07, 6.45) is 2.79. The maximum atomic E-state index is 13.8. The van der Waals surface area contributed by atoms with Crippen LogP contribution in [0.3, 0.4) is 0 Å². The number of rotatable bonds is 5. The lowest BCUT2D eigenvalue weighted by Gasteiger charge is -2.22. The van der Waals surface area contributed by atoms with Crippen LogP contribution < -0.4 is 10.0 Å². The molecular weight excluding hydrogens is 331 g/mol. The summed E-state index contributed by atoms with van der Waals surface area (Å²) in [5, 5.41) is 3.18. The third kappa shape index (κ3) is 4.25. The summed E-state index contributed by atoms with van der Waals surface area (Å²) >= 11 is 0. The molecule has 1 fully saturated rings. The van der Waals surface area contributed by atoms with Gasteiger partial charge in [0, 0.05) is 12.8 Å². The molecule has 0 amide bonds. The fraction of sp³-hybridized carbons (Fsp3) is 0.538. The Morgan fingerprint density at radius 1 is 1.32 bits per heavy atom. The van der Waals surface area contributed by atoms with E-state index < -0.39 is 30.6 Å². The molecular formula is C13H19FN2O4S2. The van der Waals surface area contributed by atoms with Gasteiger partial charge in [-0.1, -0.05) is 0 Å². The molecule has 9 heteroatoms. The summed E-state index contributed by atoms with van der Waals surface area (Å²) in [5.41, 5.74) is 0. The Hall–Kier alpha value is -1.03. The van der Waals surface area contributed by atoms with Crippen LogP contribution in [0.25, 0.3) is 0 Å². The highest BCUT2D eigenvalue weighted by atomic mass is 32.2. The second-order valence-electron chi connectivity index (χ2n) is 5.43. The molecule has 0 aliphatic carbocycles. The van der Waals surface area contributed by atoms with Crippen molar-refractivity contribution < 1.29 is 21.2 Å². The van der Waals surface area contributed by atoms with Crippen molar-refractivity contribution in [1.29, 1.82) is 0 Å². The lowest BCUT2D eigenvalue weighted by atomic mass is 10.0. The predicted octanol–water partition coefficient (Wildman–Crippen LogP) is 0.507. The molecule has 1 saturated heterocycles. The molecule has 1 atom stereocenters. The first-order valence-corrected chi connectivity index (χ1v) is 10.3. The zero-order valence-corrected chi connectivity index (χ0v) is 13.8. The molecule has 1 aliphatic heterocycles. The molecule has 0 unspecified atom stereocenters. The third-order valence-electron chi connectivity index (χ3n) is 3.57. The molecule has 1 aromatic rings. The maximum absolute atomic E-state index is 13.8. The standard InChI is InChI=1S/C13H19FN2O4S2/c1-21(17,18)13-5-4-11(7-12(13)14)22(19,20)16-9-10-3-2-6-15-8-10/h4-5,7,10,15-16H,2-3,6,8-9H2,1H3/t10-/m1/s1. The van der Waals surface area contributed by atoms with Crippen molar-refractivity contribution in [2.75, 3.05) is 25.9 Å². The van der Waals surface area contributed by atoms with E-state index in [9.17, 15) is 21.2 Å². The van der Waals surface area contributed by atoms with Gasteiger partial charge < -0.3 is 5.32 Å². The number of piperidine rings is 1. The molecule has 0 saturated carbocycles. The van der Waals surface area contributed by atoms with Crippen LogP contribution in [-0.2, 0) is 19.9 Å². The van der Waals surface area contributed by atoms with Gasteiger partial charge in [-0.05, 0) is 50.0 Å². The van der Waals surface area contributed by atoms with E-state index in [1.165, 1.54) is 0 Å². The van der Waals surface area contributed by atoms with E-state index in [-0.39, 0.29) is 17.4 Å². The average Bonchev–Trinajstić information content (AvgIpc) is 2.45. The van der Waals surface area contributed by atoms with E-state index >= 15 is 0 Å². The van der Waals surface area contributed by atoms with Crippen molar-refractivity contribution in [2.45, 2.75) is 22.6 Å². The topological polar surface area (TPSA) is 92.3 Å². The Morgan fingerprint density at radius 2 is 2.05 bits per heavy atom. The minimum absolute atomic E-state index is 0.198. The van der Waals surface area contributed by atoms with Crippen LogP contribution in [0.4, 0.5) is 4.39 Å². The fourth-order valence-electron chi connectivity index (χ4n) is 2.36. The van der Waals surface area contributed by atoms with Crippen LogP contribution in [0.5, 0.6) is 0 Å². The normalized spacial score (nSPS) is 20.0. The van der Waals surface area contributed by atoms with Gasteiger partial charge in [-0.3, -0.25) is 0 Å². The Bertz CT molecular complexity index is 741. The van der Waals surface area contributed by atoms with Gasteiger partial charge in [-0.2, -0.15) is 0 Å². The highest BCUT2D eigenvalue weighted by Crippen LogP contribution is 2.19. The van der Waals surface area contributed by atoms with Crippen molar-refractivity contribution in [3.63, 3.8) is 0 Å². The second kappa shape index (κ2) is 6.61. The van der Waals surface area contributed by atoms with Crippen LogP contribution in [0, 0.1) is 11.7 Å². The van der Waals surface area contributed by atoms with Gasteiger partial charge in [-0.25, -0.2) is 25.9 Å². The minimum Gasteiger partial charge on any atom is -0.316 e. The molecule has 0 radical (unpaired) electrons. The Morgan fingerprint density at radius 3 is 2.59 bits per heavy atom. The van der Waals surface area contributed by atoms with E-state index in [1.54, 1.807) is 0 Å². The van der Waals surface area contributed by atoms with E-state index in [2.05, 4.69) is 10.0 Å². The summed E-state index contributed by atoms with van der Waals surface area (Å²) in [4.78, 5) is -0.788. The fourth-order valence-corrected chi connectivity index (χ4v) is 4.21. The predicted molar refractivity (Wildman–Crippen MR) is 80.3 cm³/mol. The molecule has 22 heavy (non-hydrogen) atoms. The molecule has 1 aliphatic rings. The number of hydrogen-bond donors (Lipinski definition) is 2. The zero-order valence-electron chi connectivity index (χ0n) is 12.2. The Labute approximate surface area is 130 Å². The smallest absolute Gasteiger partial charge is 0.240 e.